The van der Waals surface area contributed by atoms with E-state index >= 15 is 0 Å². The number of ether oxygens (including phenoxy) is 2. The maximum Gasteiger partial charge on any atom is 0.165 e. The van der Waals surface area contributed by atoms with Crippen molar-refractivity contribution in [3.8, 4) is 5.75 Å². The quantitative estimate of drug-likeness (QED) is 0.839. The molecule has 2 N–H and O–H groups in total. The van der Waals surface area contributed by atoms with Crippen molar-refractivity contribution in [2.75, 3.05) is 13.7 Å². The van der Waals surface area contributed by atoms with E-state index in [-0.39, 0.29) is 23.7 Å². The van der Waals surface area contributed by atoms with Crippen LogP contribution in [0.4, 0.5) is 4.39 Å². The molecule has 0 fully saturated rings. The van der Waals surface area contributed by atoms with Gasteiger partial charge in [-0.2, -0.15) is 0 Å². The molecule has 0 amide bonds. The van der Waals surface area contributed by atoms with Gasteiger partial charge in [-0.3, -0.25) is 0 Å². The van der Waals surface area contributed by atoms with E-state index in [0.29, 0.717) is 6.61 Å². The predicted octanol–water partition coefficient (Wildman–Crippen LogP) is 2.26. The summed E-state index contributed by atoms with van der Waals surface area (Å²) in [7, 11) is 1.43. The molecule has 0 aromatic heterocycles. The van der Waals surface area contributed by atoms with Gasteiger partial charge in [0.15, 0.2) is 11.6 Å². The second-order valence-corrected chi connectivity index (χ2v) is 3.88. The van der Waals surface area contributed by atoms with Crippen molar-refractivity contribution < 1.29 is 13.9 Å². The van der Waals surface area contributed by atoms with Crippen molar-refractivity contribution in [2.45, 2.75) is 26.0 Å². The molecular formula is C12H18FNO2. The van der Waals surface area contributed by atoms with E-state index in [1.54, 1.807) is 12.1 Å². The molecule has 0 aliphatic heterocycles. The summed E-state index contributed by atoms with van der Waals surface area (Å²) < 4.78 is 23.4. The summed E-state index contributed by atoms with van der Waals surface area (Å²) in [5, 5.41) is 0. The molecule has 3 nitrogen and oxygen atoms in total. The van der Waals surface area contributed by atoms with Crippen LogP contribution in [-0.4, -0.2) is 19.8 Å². The Bertz CT molecular complexity index is 342. The third-order valence-electron chi connectivity index (χ3n) is 2.21. The fourth-order valence-corrected chi connectivity index (χ4v) is 1.30. The largest absolute Gasteiger partial charge is 0.494 e. The fourth-order valence-electron chi connectivity index (χ4n) is 1.30. The Labute approximate surface area is 95.4 Å². The van der Waals surface area contributed by atoms with Crippen molar-refractivity contribution in [1.29, 1.82) is 0 Å². The van der Waals surface area contributed by atoms with Gasteiger partial charge < -0.3 is 15.2 Å². The molecule has 0 heterocycles. The lowest BCUT2D eigenvalue weighted by Crippen LogP contribution is -2.19. The van der Waals surface area contributed by atoms with Gasteiger partial charge in [0.05, 0.1) is 25.9 Å². The minimum absolute atomic E-state index is 0.133. The summed E-state index contributed by atoms with van der Waals surface area (Å²) in [5.41, 5.74) is 6.72. The minimum Gasteiger partial charge on any atom is -0.494 e. The zero-order valence-corrected chi connectivity index (χ0v) is 9.87. The maximum atomic E-state index is 13.2. The van der Waals surface area contributed by atoms with E-state index in [4.69, 9.17) is 15.2 Å². The first kappa shape index (κ1) is 12.9. The van der Waals surface area contributed by atoms with Gasteiger partial charge in [-0.15, -0.1) is 0 Å². The summed E-state index contributed by atoms with van der Waals surface area (Å²) in [4.78, 5) is 0. The number of nitrogens with two attached hydrogens (primary N) is 1. The van der Waals surface area contributed by atoms with Crippen molar-refractivity contribution >= 4 is 0 Å². The number of benzene rings is 1. The minimum atomic E-state index is -0.386. The normalized spacial score (nSPS) is 12.9. The Hall–Kier alpha value is -1.13. The van der Waals surface area contributed by atoms with Crippen LogP contribution >= 0.6 is 0 Å². The molecule has 90 valence electrons. The Morgan fingerprint density at radius 1 is 1.38 bits per heavy atom. The summed E-state index contributed by atoms with van der Waals surface area (Å²) >= 11 is 0. The second-order valence-electron chi connectivity index (χ2n) is 3.88. The first-order valence-corrected chi connectivity index (χ1v) is 5.25. The van der Waals surface area contributed by atoms with Crippen molar-refractivity contribution in [1.82, 2.24) is 0 Å². The Balaban J connectivity index is 2.72. The first-order chi connectivity index (χ1) is 7.54. The van der Waals surface area contributed by atoms with Crippen LogP contribution in [0, 0.1) is 5.82 Å². The van der Waals surface area contributed by atoms with Gasteiger partial charge in [-0.25, -0.2) is 4.39 Å². The Kier molecular flexibility index (Phi) is 4.71. The molecule has 0 spiro atoms. The third kappa shape index (κ3) is 3.47. The Morgan fingerprint density at radius 3 is 2.62 bits per heavy atom. The molecule has 4 heteroatoms. The lowest BCUT2D eigenvalue weighted by atomic mass is 10.1. The number of hydrogen-bond donors (Lipinski definition) is 1. The molecule has 0 aliphatic carbocycles. The van der Waals surface area contributed by atoms with Crippen LogP contribution in [0.25, 0.3) is 0 Å². The van der Waals surface area contributed by atoms with Crippen molar-refractivity contribution in [2.24, 2.45) is 5.73 Å². The molecule has 1 atom stereocenters. The molecule has 0 bridgehead atoms. The van der Waals surface area contributed by atoms with Crippen LogP contribution in [-0.2, 0) is 4.74 Å². The zero-order valence-electron chi connectivity index (χ0n) is 9.87. The lowest BCUT2D eigenvalue weighted by molar-refractivity contribution is 0.0682. The van der Waals surface area contributed by atoms with Gasteiger partial charge in [0.25, 0.3) is 0 Å². The first-order valence-electron chi connectivity index (χ1n) is 5.25. The smallest absolute Gasteiger partial charge is 0.165 e. The van der Waals surface area contributed by atoms with Crippen LogP contribution < -0.4 is 10.5 Å². The van der Waals surface area contributed by atoms with Gasteiger partial charge in [-0.05, 0) is 31.5 Å². The van der Waals surface area contributed by atoms with E-state index < -0.39 is 0 Å². The average molecular weight is 227 g/mol. The molecule has 0 saturated heterocycles. The van der Waals surface area contributed by atoms with Gasteiger partial charge in [0.2, 0.25) is 0 Å². The highest BCUT2D eigenvalue weighted by atomic mass is 19.1. The highest BCUT2D eigenvalue weighted by Crippen LogP contribution is 2.21. The van der Waals surface area contributed by atoms with Gasteiger partial charge >= 0.3 is 0 Å². The number of rotatable bonds is 5. The number of hydrogen-bond acceptors (Lipinski definition) is 3. The van der Waals surface area contributed by atoms with E-state index in [1.807, 2.05) is 13.8 Å². The van der Waals surface area contributed by atoms with Gasteiger partial charge in [0.1, 0.15) is 0 Å². The highest BCUT2D eigenvalue weighted by Gasteiger charge is 2.10. The SMILES string of the molecule is COc1cc(C(N)COC(C)C)ccc1F. The summed E-state index contributed by atoms with van der Waals surface area (Å²) in [6.07, 6.45) is 0.133. The Morgan fingerprint density at radius 2 is 2.06 bits per heavy atom. The van der Waals surface area contributed by atoms with Crippen LogP contribution in [0.1, 0.15) is 25.5 Å². The average Bonchev–Trinajstić information content (AvgIpc) is 2.26. The lowest BCUT2D eigenvalue weighted by Gasteiger charge is -2.15. The molecule has 1 rings (SSSR count). The van der Waals surface area contributed by atoms with Gasteiger partial charge in [-0.1, -0.05) is 6.07 Å². The monoisotopic (exact) mass is 227 g/mol. The number of methoxy groups -OCH3 is 1. The van der Waals surface area contributed by atoms with E-state index in [0.717, 1.165) is 5.56 Å². The van der Waals surface area contributed by atoms with Gasteiger partial charge in [0, 0.05) is 0 Å². The summed E-state index contributed by atoms with van der Waals surface area (Å²) in [5.74, 6) is -0.180. The molecular weight excluding hydrogens is 209 g/mol. The number of halogens is 1. The second kappa shape index (κ2) is 5.82. The molecule has 0 saturated carbocycles. The molecule has 1 aromatic carbocycles. The van der Waals surface area contributed by atoms with Crippen molar-refractivity contribution in [3.05, 3.63) is 29.6 Å². The maximum absolute atomic E-state index is 13.2. The van der Waals surface area contributed by atoms with Crippen LogP contribution in [0.3, 0.4) is 0 Å². The molecule has 0 aliphatic rings. The predicted molar refractivity (Wildman–Crippen MR) is 61.0 cm³/mol. The van der Waals surface area contributed by atoms with Crippen molar-refractivity contribution in [3.63, 3.8) is 0 Å². The molecule has 0 radical (unpaired) electrons. The molecule has 1 aromatic rings. The topological polar surface area (TPSA) is 44.5 Å². The summed E-state index contributed by atoms with van der Waals surface area (Å²) in [6.45, 7) is 4.29. The molecule has 1 unspecified atom stereocenters. The van der Waals surface area contributed by atoms with Crippen LogP contribution in [0.5, 0.6) is 5.75 Å². The van der Waals surface area contributed by atoms with E-state index in [2.05, 4.69) is 0 Å². The standard InChI is InChI=1S/C12H18FNO2/c1-8(2)16-7-11(14)9-4-5-10(13)12(6-9)15-3/h4-6,8,11H,7,14H2,1-3H3. The van der Waals surface area contributed by atoms with E-state index in [1.165, 1.54) is 13.2 Å². The third-order valence-corrected chi connectivity index (χ3v) is 2.21. The summed E-state index contributed by atoms with van der Waals surface area (Å²) in [6, 6.07) is 4.33. The van der Waals surface area contributed by atoms with Crippen LogP contribution in [0.15, 0.2) is 18.2 Å². The zero-order chi connectivity index (χ0) is 12.1. The van der Waals surface area contributed by atoms with Crippen LogP contribution in [0.2, 0.25) is 0 Å². The fraction of sp³-hybridized carbons (Fsp3) is 0.500. The highest BCUT2D eigenvalue weighted by molar-refractivity contribution is 5.32. The molecule has 16 heavy (non-hydrogen) atoms. The van der Waals surface area contributed by atoms with E-state index in [9.17, 15) is 4.39 Å².